The van der Waals surface area contributed by atoms with E-state index in [1.54, 1.807) is 4.90 Å². The van der Waals surface area contributed by atoms with Crippen LogP contribution in [0.4, 0.5) is 0 Å². The average molecular weight is 275 g/mol. The molecule has 1 aliphatic heterocycles. The minimum Gasteiger partial charge on any atom is -0.391 e. The number of aliphatic hydroxyl groups excluding tert-OH is 1. The van der Waals surface area contributed by atoms with E-state index < -0.39 is 6.10 Å². The highest BCUT2D eigenvalue weighted by Crippen LogP contribution is 2.20. The van der Waals surface area contributed by atoms with E-state index in [0.29, 0.717) is 19.5 Å². The van der Waals surface area contributed by atoms with Gasteiger partial charge in [0.25, 0.3) is 0 Å². The molecule has 6 nitrogen and oxygen atoms in total. The molecule has 0 saturated carbocycles. The molecule has 0 aromatic carbocycles. The molecule has 2 heterocycles. The van der Waals surface area contributed by atoms with Gasteiger partial charge in [-0.25, -0.2) is 0 Å². The van der Waals surface area contributed by atoms with Crippen molar-refractivity contribution in [1.29, 1.82) is 0 Å². The zero-order valence-electron chi connectivity index (χ0n) is 10.3. The molecule has 1 fully saturated rings. The number of carbonyl (C=O) groups is 1. The topological polar surface area (TPSA) is 95.2 Å². The van der Waals surface area contributed by atoms with Crippen LogP contribution in [-0.2, 0) is 11.2 Å². The molecular weight excluding hydrogens is 256 g/mol. The van der Waals surface area contributed by atoms with Crippen molar-refractivity contribution in [3.63, 3.8) is 0 Å². The Kier molecular flexibility index (Phi) is 5.13. The Bertz CT molecular complexity index is 410. The molecule has 1 amide bonds. The zero-order valence-corrected chi connectivity index (χ0v) is 11.1. The van der Waals surface area contributed by atoms with Gasteiger partial charge in [-0.15, -0.1) is 12.4 Å². The van der Waals surface area contributed by atoms with E-state index in [0.717, 1.165) is 11.4 Å². The molecule has 1 aliphatic rings. The highest BCUT2D eigenvalue weighted by molar-refractivity contribution is 5.85. The van der Waals surface area contributed by atoms with Crippen molar-refractivity contribution < 1.29 is 9.90 Å². The van der Waals surface area contributed by atoms with Crippen molar-refractivity contribution in [2.24, 2.45) is 11.7 Å². The lowest BCUT2D eigenvalue weighted by Crippen LogP contribution is -2.34. The minimum atomic E-state index is -0.484. The molecule has 0 radical (unpaired) electrons. The first-order chi connectivity index (χ1) is 8.10. The van der Waals surface area contributed by atoms with Crippen LogP contribution < -0.4 is 5.73 Å². The normalized spacial score (nSPS) is 22.9. The maximum atomic E-state index is 11.4. The van der Waals surface area contributed by atoms with Crippen molar-refractivity contribution in [2.45, 2.75) is 19.4 Å². The standard InChI is InChI=1S/C11H18N4O2.ClH/c1-7-2-9(14-13-7)3-8-5-15(6-10(8)16)11(17)4-12;/h2,8,10,16H,3-6,12H2,1H3,(H,13,14);1H/t8-,10+;/m1./s1. The third-order valence-electron chi connectivity index (χ3n) is 3.16. The number of carbonyl (C=O) groups excluding carboxylic acids is 1. The highest BCUT2D eigenvalue weighted by Gasteiger charge is 2.33. The lowest BCUT2D eigenvalue weighted by atomic mass is 10.0. The number of nitrogens with one attached hydrogen (secondary N) is 1. The number of halogens is 1. The van der Waals surface area contributed by atoms with Crippen molar-refractivity contribution in [3.8, 4) is 0 Å². The van der Waals surface area contributed by atoms with Crippen LogP contribution in [0, 0.1) is 12.8 Å². The maximum absolute atomic E-state index is 11.4. The van der Waals surface area contributed by atoms with E-state index in [4.69, 9.17) is 5.73 Å². The number of H-pyrrole nitrogens is 1. The molecule has 2 atom stereocenters. The second-order valence-electron chi connectivity index (χ2n) is 4.58. The van der Waals surface area contributed by atoms with E-state index in [-0.39, 0.29) is 30.8 Å². The Labute approximate surface area is 112 Å². The van der Waals surface area contributed by atoms with Gasteiger partial charge in [0, 0.05) is 24.7 Å². The van der Waals surface area contributed by atoms with Crippen LogP contribution in [0.2, 0.25) is 0 Å². The zero-order chi connectivity index (χ0) is 12.4. The van der Waals surface area contributed by atoms with Crippen molar-refractivity contribution >= 4 is 18.3 Å². The van der Waals surface area contributed by atoms with Crippen LogP contribution >= 0.6 is 12.4 Å². The first-order valence-corrected chi connectivity index (χ1v) is 5.77. The van der Waals surface area contributed by atoms with Crippen molar-refractivity contribution in [2.75, 3.05) is 19.6 Å². The van der Waals surface area contributed by atoms with E-state index in [9.17, 15) is 9.90 Å². The number of aryl methyl sites for hydroxylation is 1. The first-order valence-electron chi connectivity index (χ1n) is 5.77. The number of likely N-dealkylation sites (tertiary alicyclic amines) is 1. The number of nitrogens with two attached hydrogens (primary N) is 1. The fraction of sp³-hybridized carbons (Fsp3) is 0.636. The predicted molar refractivity (Wildman–Crippen MR) is 69.4 cm³/mol. The Balaban J connectivity index is 0.00000162. The van der Waals surface area contributed by atoms with Gasteiger partial charge in [0.15, 0.2) is 0 Å². The van der Waals surface area contributed by atoms with Crippen molar-refractivity contribution in [1.82, 2.24) is 15.1 Å². The number of nitrogens with zero attached hydrogens (tertiary/aromatic N) is 2. The maximum Gasteiger partial charge on any atom is 0.236 e. The van der Waals surface area contributed by atoms with Gasteiger partial charge in [0.05, 0.1) is 18.3 Å². The van der Waals surface area contributed by atoms with Crippen LogP contribution in [0.15, 0.2) is 6.07 Å². The molecule has 2 rings (SSSR count). The third kappa shape index (κ3) is 3.22. The molecule has 7 heteroatoms. The van der Waals surface area contributed by atoms with Crippen LogP contribution in [0.25, 0.3) is 0 Å². The molecule has 4 N–H and O–H groups in total. The molecule has 0 aliphatic carbocycles. The number of aromatic nitrogens is 2. The summed E-state index contributed by atoms with van der Waals surface area (Å²) in [7, 11) is 0. The molecule has 1 aromatic heterocycles. The van der Waals surface area contributed by atoms with E-state index in [2.05, 4.69) is 10.2 Å². The summed E-state index contributed by atoms with van der Waals surface area (Å²) < 4.78 is 0. The van der Waals surface area contributed by atoms with Crippen molar-refractivity contribution in [3.05, 3.63) is 17.5 Å². The largest absolute Gasteiger partial charge is 0.391 e. The number of amides is 1. The number of β-amino-alcohol motifs (C(OH)–C–C–N with tert-alkyl or cyclic N) is 1. The average Bonchev–Trinajstić information content (AvgIpc) is 2.86. The Morgan fingerprint density at radius 2 is 2.39 bits per heavy atom. The Morgan fingerprint density at radius 3 is 2.94 bits per heavy atom. The molecule has 0 spiro atoms. The van der Waals surface area contributed by atoms with Gasteiger partial charge in [0.1, 0.15) is 0 Å². The van der Waals surface area contributed by atoms with Crippen LogP contribution in [-0.4, -0.2) is 51.8 Å². The SMILES string of the molecule is Cc1cc(C[C@@H]2CN(C(=O)CN)C[C@@H]2O)n[nH]1.Cl. The van der Waals surface area contributed by atoms with Gasteiger partial charge in [0.2, 0.25) is 5.91 Å². The van der Waals surface area contributed by atoms with Gasteiger partial charge in [-0.3, -0.25) is 9.89 Å². The van der Waals surface area contributed by atoms with Gasteiger partial charge in [-0.2, -0.15) is 5.10 Å². The third-order valence-corrected chi connectivity index (χ3v) is 3.16. The highest BCUT2D eigenvalue weighted by atomic mass is 35.5. The lowest BCUT2D eigenvalue weighted by Gasteiger charge is -2.14. The summed E-state index contributed by atoms with van der Waals surface area (Å²) in [5, 5.41) is 16.9. The van der Waals surface area contributed by atoms with Crippen LogP contribution in [0.3, 0.4) is 0 Å². The van der Waals surface area contributed by atoms with Gasteiger partial charge < -0.3 is 15.7 Å². The summed E-state index contributed by atoms with van der Waals surface area (Å²) in [6.07, 6.45) is 0.197. The first kappa shape index (κ1) is 14.9. The fourth-order valence-electron chi connectivity index (χ4n) is 2.24. The van der Waals surface area contributed by atoms with Gasteiger partial charge >= 0.3 is 0 Å². The van der Waals surface area contributed by atoms with Crippen LogP contribution in [0.1, 0.15) is 11.4 Å². The number of rotatable bonds is 3. The monoisotopic (exact) mass is 274 g/mol. The quantitative estimate of drug-likeness (QED) is 0.690. The summed E-state index contributed by atoms with van der Waals surface area (Å²) in [5.74, 6) is -0.0574. The van der Waals surface area contributed by atoms with Gasteiger partial charge in [-0.1, -0.05) is 0 Å². The summed E-state index contributed by atoms with van der Waals surface area (Å²) >= 11 is 0. The number of aromatic amines is 1. The lowest BCUT2D eigenvalue weighted by molar-refractivity contribution is -0.129. The van der Waals surface area contributed by atoms with E-state index in [1.807, 2.05) is 13.0 Å². The summed E-state index contributed by atoms with van der Waals surface area (Å²) in [6, 6.07) is 1.96. The summed E-state index contributed by atoms with van der Waals surface area (Å²) in [5.41, 5.74) is 7.24. The number of hydrogen-bond acceptors (Lipinski definition) is 4. The smallest absolute Gasteiger partial charge is 0.236 e. The molecule has 0 unspecified atom stereocenters. The van der Waals surface area contributed by atoms with E-state index >= 15 is 0 Å². The molecular formula is C11H19ClN4O2. The predicted octanol–water partition coefficient (Wildman–Crippen LogP) is -0.540. The minimum absolute atomic E-state index is 0. The van der Waals surface area contributed by atoms with E-state index in [1.165, 1.54) is 0 Å². The van der Waals surface area contributed by atoms with Crippen LogP contribution in [0.5, 0.6) is 0 Å². The molecule has 102 valence electrons. The number of aliphatic hydroxyl groups is 1. The fourth-order valence-corrected chi connectivity index (χ4v) is 2.24. The Hall–Kier alpha value is -1.11. The molecule has 1 aromatic rings. The van der Waals surface area contributed by atoms with Gasteiger partial charge in [-0.05, 0) is 19.4 Å². The molecule has 18 heavy (non-hydrogen) atoms. The molecule has 1 saturated heterocycles. The Morgan fingerprint density at radius 1 is 1.67 bits per heavy atom. The second-order valence-corrected chi connectivity index (χ2v) is 4.58. The summed E-state index contributed by atoms with van der Waals surface area (Å²) in [4.78, 5) is 13.0. The second kappa shape index (κ2) is 6.17. The molecule has 0 bridgehead atoms. The summed E-state index contributed by atoms with van der Waals surface area (Å²) in [6.45, 7) is 2.87. The number of hydrogen-bond donors (Lipinski definition) is 3.